The van der Waals surface area contributed by atoms with Gasteiger partial charge in [0.05, 0.1) is 11.0 Å². The summed E-state index contributed by atoms with van der Waals surface area (Å²) in [5, 5.41) is 6.57. The lowest BCUT2D eigenvalue weighted by Crippen LogP contribution is -2.22. The number of hydrogen-bond donors (Lipinski definition) is 2. The van der Waals surface area contributed by atoms with Gasteiger partial charge in [0.1, 0.15) is 6.33 Å². The Kier molecular flexibility index (Phi) is 6.33. The largest absolute Gasteiger partial charge is 0.385 e. The van der Waals surface area contributed by atoms with Gasteiger partial charge in [-0.25, -0.2) is 4.98 Å². The number of nitrogens with one attached hydrogen (secondary N) is 2. The fourth-order valence-electron chi connectivity index (χ4n) is 4.57. The molecular weight excluding hydrogens is 410 g/mol. The van der Waals surface area contributed by atoms with Crippen LogP contribution in [0.1, 0.15) is 48.0 Å². The smallest absolute Gasteiger partial charge is 0.251 e. The van der Waals surface area contributed by atoms with Gasteiger partial charge in [0, 0.05) is 42.4 Å². The normalized spacial score (nSPS) is 14.3. The minimum absolute atomic E-state index is 0.121. The van der Waals surface area contributed by atoms with E-state index in [1.54, 1.807) is 12.4 Å². The zero-order chi connectivity index (χ0) is 22.5. The molecule has 1 amide bonds. The van der Waals surface area contributed by atoms with Crippen molar-refractivity contribution in [2.75, 3.05) is 11.9 Å². The molecule has 1 fully saturated rings. The van der Waals surface area contributed by atoms with Crippen molar-refractivity contribution in [1.82, 2.24) is 19.9 Å². The Morgan fingerprint density at radius 3 is 2.79 bits per heavy atom. The van der Waals surface area contributed by atoms with Crippen molar-refractivity contribution in [3.8, 4) is 5.69 Å². The van der Waals surface area contributed by atoms with E-state index in [1.807, 2.05) is 36.7 Å². The maximum Gasteiger partial charge on any atom is 0.251 e. The molecule has 0 bridgehead atoms. The summed E-state index contributed by atoms with van der Waals surface area (Å²) in [7, 11) is 0. The molecule has 2 aromatic carbocycles. The molecule has 4 aromatic rings. The Morgan fingerprint density at radius 1 is 1.03 bits per heavy atom. The molecule has 1 saturated carbocycles. The maximum absolute atomic E-state index is 12.6. The highest BCUT2D eigenvalue weighted by Gasteiger charge is 2.14. The summed E-state index contributed by atoms with van der Waals surface area (Å²) in [6.07, 6.45) is 12.1. The van der Waals surface area contributed by atoms with Gasteiger partial charge in [0.25, 0.3) is 5.91 Å². The minimum Gasteiger partial charge on any atom is -0.385 e. The highest BCUT2D eigenvalue weighted by molar-refractivity contribution is 5.97. The lowest BCUT2D eigenvalue weighted by Gasteiger charge is -2.22. The van der Waals surface area contributed by atoms with E-state index in [-0.39, 0.29) is 5.91 Å². The van der Waals surface area contributed by atoms with Gasteiger partial charge in [0.15, 0.2) is 0 Å². The quantitative estimate of drug-likeness (QED) is 0.408. The SMILES string of the molecule is O=C(NCc1cccnc1)c1ccc2c(c1)ncn2-c1cccc(NCC2CCCCC2)c1. The lowest BCUT2D eigenvalue weighted by molar-refractivity contribution is 0.0951. The zero-order valence-corrected chi connectivity index (χ0v) is 18.7. The molecule has 1 aliphatic rings. The number of nitrogens with zero attached hydrogens (tertiary/aromatic N) is 3. The third kappa shape index (κ3) is 5.06. The Balaban J connectivity index is 1.29. The second kappa shape index (κ2) is 9.86. The Morgan fingerprint density at radius 2 is 1.94 bits per heavy atom. The number of fused-ring (bicyclic) bond motifs is 1. The van der Waals surface area contributed by atoms with Crippen LogP contribution in [0.25, 0.3) is 16.7 Å². The van der Waals surface area contributed by atoms with Gasteiger partial charge >= 0.3 is 0 Å². The molecule has 0 spiro atoms. The number of imidazole rings is 1. The van der Waals surface area contributed by atoms with E-state index in [0.717, 1.165) is 40.4 Å². The first kappa shape index (κ1) is 21.2. The maximum atomic E-state index is 12.6. The second-order valence-electron chi connectivity index (χ2n) is 8.80. The van der Waals surface area contributed by atoms with Crippen LogP contribution in [-0.2, 0) is 6.54 Å². The third-order valence-corrected chi connectivity index (χ3v) is 6.43. The molecule has 2 heterocycles. The first-order chi connectivity index (χ1) is 16.3. The van der Waals surface area contributed by atoms with Crippen molar-refractivity contribution in [2.24, 2.45) is 5.92 Å². The highest BCUT2D eigenvalue weighted by Crippen LogP contribution is 2.25. The highest BCUT2D eigenvalue weighted by atomic mass is 16.1. The van der Waals surface area contributed by atoms with Crippen molar-refractivity contribution in [3.05, 3.63) is 84.4 Å². The molecule has 168 valence electrons. The lowest BCUT2D eigenvalue weighted by atomic mass is 9.89. The van der Waals surface area contributed by atoms with Crippen LogP contribution in [0.15, 0.2) is 73.3 Å². The van der Waals surface area contributed by atoms with Gasteiger partial charge in [-0.1, -0.05) is 31.4 Å². The molecule has 2 aromatic heterocycles. The van der Waals surface area contributed by atoms with Gasteiger partial charge in [-0.05, 0) is 66.8 Å². The first-order valence-corrected chi connectivity index (χ1v) is 11.7. The molecule has 33 heavy (non-hydrogen) atoms. The molecule has 0 atom stereocenters. The van der Waals surface area contributed by atoms with Crippen LogP contribution in [0.3, 0.4) is 0 Å². The molecule has 0 radical (unpaired) electrons. The Labute approximate surface area is 194 Å². The Bertz CT molecular complexity index is 1230. The average molecular weight is 440 g/mol. The van der Waals surface area contributed by atoms with Crippen molar-refractivity contribution in [1.29, 1.82) is 0 Å². The van der Waals surface area contributed by atoms with E-state index in [9.17, 15) is 4.79 Å². The van der Waals surface area contributed by atoms with E-state index in [4.69, 9.17) is 0 Å². The summed E-state index contributed by atoms with van der Waals surface area (Å²) in [4.78, 5) is 21.2. The van der Waals surface area contributed by atoms with Gasteiger partial charge in [-0.3, -0.25) is 14.3 Å². The van der Waals surface area contributed by atoms with E-state index in [2.05, 4.69) is 49.4 Å². The van der Waals surface area contributed by atoms with E-state index < -0.39 is 0 Å². The van der Waals surface area contributed by atoms with Crippen LogP contribution in [0.2, 0.25) is 0 Å². The van der Waals surface area contributed by atoms with E-state index in [1.165, 1.54) is 32.1 Å². The summed E-state index contributed by atoms with van der Waals surface area (Å²) < 4.78 is 2.07. The molecule has 0 aliphatic heterocycles. The van der Waals surface area contributed by atoms with Crippen LogP contribution in [0, 0.1) is 5.92 Å². The van der Waals surface area contributed by atoms with Crippen molar-refractivity contribution < 1.29 is 4.79 Å². The monoisotopic (exact) mass is 439 g/mol. The summed E-state index contributed by atoms with van der Waals surface area (Å²) in [5.74, 6) is 0.656. The predicted octanol–water partition coefficient (Wildman–Crippen LogP) is 5.34. The summed E-state index contributed by atoms with van der Waals surface area (Å²) in [6, 6.07) is 17.9. The predicted molar refractivity (Wildman–Crippen MR) is 132 cm³/mol. The number of carbonyl (C=O) groups excluding carboxylic acids is 1. The zero-order valence-electron chi connectivity index (χ0n) is 18.7. The number of hydrogen-bond acceptors (Lipinski definition) is 4. The van der Waals surface area contributed by atoms with Crippen molar-refractivity contribution in [2.45, 2.75) is 38.6 Å². The number of amides is 1. The molecule has 5 rings (SSSR count). The number of anilines is 1. The van der Waals surface area contributed by atoms with E-state index >= 15 is 0 Å². The van der Waals surface area contributed by atoms with Crippen molar-refractivity contribution in [3.63, 3.8) is 0 Å². The number of carbonyl (C=O) groups is 1. The summed E-state index contributed by atoms with van der Waals surface area (Å²) in [6.45, 7) is 1.48. The molecule has 0 saturated heterocycles. The fraction of sp³-hybridized carbons (Fsp3) is 0.296. The van der Waals surface area contributed by atoms with Crippen LogP contribution in [0.4, 0.5) is 5.69 Å². The number of rotatable bonds is 7. The molecular formula is C27H29N5O. The standard InChI is InChI=1S/C27H29N5O/c33-27(30-18-21-8-5-13-28-16-21)22-11-12-26-25(14-22)31-19-32(26)24-10-4-9-23(15-24)29-17-20-6-2-1-3-7-20/h4-5,8-16,19-20,29H,1-3,6-7,17-18H2,(H,30,33). The summed E-state index contributed by atoms with van der Waals surface area (Å²) >= 11 is 0. The fourth-order valence-corrected chi connectivity index (χ4v) is 4.57. The van der Waals surface area contributed by atoms with Crippen LogP contribution < -0.4 is 10.6 Å². The summed E-state index contributed by atoms with van der Waals surface area (Å²) in [5.41, 5.74) is 5.52. The number of benzene rings is 2. The van der Waals surface area contributed by atoms with Gasteiger partial charge in [-0.15, -0.1) is 0 Å². The first-order valence-electron chi connectivity index (χ1n) is 11.7. The molecule has 6 heteroatoms. The molecule has 1 aliphatic carbocycles. The minimum atomic E-state index is -0.121. The van der Waals surface area contributed by atoms with Crippen LogP contribution in [-0.4, -0.2) is 27.0 Å². The van der Waals surface area contributed by atoms with Gasteiger partial charge in [0.2, 0.25) is 0 Å². The third-order valence-electron chi connectivity index (χ3n) is 6.43. The second-order valence-corrected chi connectivity index (χ2v) is 8.80. The average Bonchev–Trinajstić information content (AvgIpc) is 3.31. The number of pyridine rings is 1. The topological polar surface area (TPSA) is 71.8 Å². The van der Waals surface area contributed by atoms with Gasteiger partial charge < -0.3 is 10.6 Å². The van der Waals surface area contributed by atoms with E-state index in [0.29, 0.717) is 12.1 Å². The van der Waals surface area contributed by atoms with Crippen molar-refractivity contribution >= 4 is 22.6 Å². The molecule has 6 nitrogen and oxygen atoms in total. The van der Waals surface area contributed by atoms with Crippen LogP contribution >= 0.6 is 0 Å². The molecule has 2 N–H and O–H groups in total. The van der Waals surface area contributed by atoms with Gasteiger partial charge in [-0.2, -0.15) is 0 Å². The van der Waals surface area contributed by atoms with Crippen LogP contribution in [0.5, 0.6) is 0 Å². The number of aromatic nitrogens is 3. The Hall–Kier alpha value is -3.67. The molecule has 0 unspecified atom stereocenters.